The average Bonchev–Trinajstić information content (AvgIpc) is 2.92. The van der Waals surface area contributed by atoms with Crippen molar-refractivity contribution in [3.05, 3.63) is 36.4 Å². The number of hydrogen-bond acceptors (Lipinski definition) is 4. The van der Waals surface area contributed by atoms with Gasteiger partial charge in [-0.15, -0.1) is 0 Å². The van der Waals surface area contributed by atoms with Crippen LogP contribution >= 0.6 is 0 Å². The summed E-state index contributed by atoms with van der Waals surface area (Å²) >= 11 is 0. The largest absolute Gasteiger partial charge is 0.508 e. The third kappa shape index (κ3) is 1.51. The fraction of sp³-hybridized carbons (Fsp3) is 0. The molecule has 1 aromatic carbocycles. The number of nitrogens with one attached hydrogen (secondary N) is 1. The number of carbonyl (C=O) groups is 1. The van der Waals surface area contributed by atoms with E-state index in [0.29, 0.717) is 5.56 Å². The van der Waals surface area contributed by atoms with Crippen molar-refractivity contribution in [2.45, 2.75) is 0 Å². The highest BCUT2D eigenvalue weighted by Gasteiger charge is 2.15. The Morgan fingerprint density at radius 2 is 2.22 bits per heavy atom. The molecule has 0 saturated heterocycles. The minimum absolute atomic E-state index is 0.141. The zero-order valence-electron chi connectivity index (χ0n) is 9.04. The fourth-order valence-electron chi connectivity index (χ4n) is 1.79. The smallest absolute Gasteiger partial charge is 0.357 e. The molecule has 0 radical (unpaired) electrons. The number of aromatic carboxylic acids is 1. The molecular weight excluding hydrogens is 236 g/mol. The van der Waals surface area contributed by atoms with Gasteiger partial charge in [-0.1, -0.05) is 0 Å². The third-order valence-corrected chi connectivity index (χ3v) is 2.62. The minimum Gasteiger partial charge on any atom is -0.508 e. The Morgan fingerprint density at radius 3 is 2.94 bits per heavy atom. The van der Waals surface area contributed by atoms with Crippen LogP contribution in [-0.2, 0) is 0 Å². The van der Waals surface area contributed by atoms with Gasteiger partial charge in [0.15, 0.2) is 5.69 Å². The fourth-order valence-corrected chi connectivity index (χ4v) is 1.79. The van der Waals surface area contributed by atoms with Crippen LogP contribution in [0.3, 0.4) is 0 Å². The monoisotopic (exact) mass is 244 g/mol. The number of aromatic hydroxyl groups is 1. The van der Waals surface area contributed by atoms with Gasteiger partial charge in [0.05, 0.1) is 5.56 Å². The first-order valence-corrected chi connectivity index (χ1v) is 5.14. The molecule has 2 aromatic heterocycles. The molecule has 0 fully saturated rings. The van der Waals surface area contributed by atoms with Crippen LogP contribution in [0.1, 0.15) is 10.5 Å². The molecule has 0 aliphatic carbocycles. The van der Waals surface area contributed by atoms with E-state index in [1.54, 1.807) is 24.4 Å². The van der Waals surface area contributed by atoms with Gasteiger partial charge < -0.3 is 19.6 Å². The van der Waals surface area contributed by atoms with Crippen molar-refractivity contribution in [3.8, 4) is 17.2 Å². The van der Waals surface area contributed by atoms with E-state index in [-0.39, 0.29) is 17.3 Å². The van der Waals surface area contributed by atoms with Crippen molar-refractivity contribution in [2.75, 3.05) is 0 Å². The van der Waals surface area contributed by atoms with E-state index in [9.17, 15) is 9.90 Å². The van der Waals surface area contributed by atoms with Crippen LogP contribution in [0.2, 0.25) is 0 Å². The van der Waals surface area contributed by atoms with Crippen LogP contribution in [0.5, 0.6) is 5.75 Å². The van der Waals surface area contributed by atoms with Gasteiger partial charge in [-0.2, -0.15) is 0 Å². The number of benzene rings is 1. The van der Waals surface area contributed by atoms with Gasteiger partial charge >= 0.3 is 5.97 Å². The molecule has 0 aliphatic heterocycles. The highest BCUT2D eigenvalue weighted by molar-refractivity contribution is 5.94. The number of aromatic nitrogens is 2. The SMILES string of the molecule is O=C(O)c1coc(-c2c[nH]c3cc(O)ccc23)n1. The Kier molecular flexibility index (Phi) is 2.09. The third-order valence-electron chi connectivity index (χ3n) is 2.62. The van der Waals surface area contributed by atoms with Crippen LogP contribution in [0.25, 0.3) is 22.4 Å². The maximum Gasteiger partial charge on any atom is 0.357 e. The molecule has 3 aromatic rings. The van der Waals surface area contributed by atoms with Crippen LogP contribution < -0.4 is 0 Å². The van der Waals surface area contributed by atoms with Crippen molar-refractivity contribution in [3.63, 3.8) is 0 Å². The number of oxazole rings is 1. The van der Waals surface area contributed by atoms with Crippen LogP contribution in [0, 0.1) is 0 Å². The van der Waals surface area contributed by atoms with E-state index in [1.807, 2.05) is 0 Å². The maximum absolute atomic E-state index is 10.7. The first-order valence-electron chi connectivity index (χ1n) is 5.14. The number of aromatic amines is 1. The van der Waals surface area contributed by atoms with Crippen molar-refractivity contribution in [1.82, 2.24) is 9.97 Å². The van der Waals surface area contributed by atoms with Crippen LogP contribution in [-0.4, -0.2) is 26.2 Å². The molecule has 18 heavy (non-hydrogen) atoms. The normalized spacial score (nSPS) is 10.9. The number of H-pyrrole nitrogens is 1. The summed E-state index contributed by atoms with van der Waals surface area (Å²) in [7, 11) is 0. The Morgan fingerprint density at radius 1 is 1.39 bits per heavy atom. The molecule has 0 spiro atoms. The molecular formula is C12H8N2O4. The molecule has 0 atom stereocenters. The summed E-state index contributed by atoms with van der Waals surface area (Å²) in [4.78, 5) is 17.6. The quantitative estimate of drug-likeness (QED) is 0.641. The minimum atomic E-state index is -1.14. The molecule has 3 N–H and O–H groups in total. The van der Waals surface area contributed by atoms with Crippen molar-refractivity contribution < 1.29 is 19.4 Å². The van der Waals surface area contributed by atoms with Gasteiger partial charge in [-0.05, 0) is 12.1 Å². The standard InChI is InChI=1S/C12H8N2O4/c15-6-1-2-7-8(4-13-9(7)3-6)11-14-10(5-18-11)12(16)17/h1-5,13,15H,(H,16,17). The van der Waals surface area contributed by atoms with E-state index in [2.05, 4.69) is 9.97 Å². The van der Waals surface area contributed by atoms with E-state index in [0.717, 1.165) is 17.2 Å². The second-order valence-corrected chi connectivity index (χ2v) is 3.78. The summed E-state index contributed by atoms with van der Waals surface area (Å²) in [6, 6.07) is 4.82. The molecule has 0 unspecified atom stereocenters. The van der Waals surface area contributed by atoms with Gasteiger partial charge in [-0.25, -0.2) is 9.78 Å². The average molecular weight is 244 g/mol. The lowest BCUT2D eigenvalue weighted by Gasteiger charge is -1.94. The molecule has 2 heterocycles. The number of phenols is 1. The molecule has 0 aliphatic rings. The number of carboxylic acid groups (broad SMARTS) is 1. The van der Waals surface area contributed by atoms with E-state index >= 15 is 0 Å². The second-order valence-electron chi connectivity index (χ2n) is 3.78. The number of rotatable bonds is 2. The molecule has 3 rings (SSSR count). The molecule has 0 amide bonds. The lowest BCUT2D eigenvalue weighted by molar-refractivity contribution is 0.0690. The van der Waals surface area contributed by atoms with Gasteiger partial charge in [0.1, 0.15) is 12.0 Å². The second kappa shape index (κ2) is 3.63. The first-order chi connectivity index (χ1) is 8.65. The molecule has 6 nitrogen and oxygen atoms in total. The van der Waals surface area contributed by atoms with E-state index in [1.165, 1.54) is 0 Å². The zero-order valence-corrected chi connectivity index (χ0v) is 9.04. The van der Waals surface area contributed by atoms with Crippen LogP contribution in [0.15, 0.2) is 35.1 Å². The van der Waals surface area contributed by atoms with Crippen molar-refractivity contribution in [1.29, 1.82) is 0 Å². The van der Waals surface area contributed by atoms with E-state index in [4.69, 9.17) is 9.52 Å². The number of nitrogens with zero attached hydrogens (tertiary/aromatic N) is 1. The van der Waals surface area contributed by atoms with Gasteiger partial charge in [0, 0.05) is 23.2 Å². The Labute approximate surface area is 101 Å². The maximum atomic E-state index is 10.7. The number of phenolic OH excluding ortho intramolecular Hbond substituents is 1. The lowest BCUT2D eigenvalue weighted by Crippen LogP contribution is -1.95. The summed E-state index contributed by atoms with van der Waals surface area (Å²) in [5.41, 5.74) is 1.23. The summed E-state index contributed by atoms with van der Waals surface area (Å²) in [5.74, 6) is -0.763. The molecule has 6 heteroatoms. The number of carboxylic acids is 1. The number of hydrogen-bond donors (Lipinski definition) is 3. The summed E-state index contributed by atoms with van der Waals surface area (Å²) in [6.07, 6.45) is 2.75. The highest BCUT2D eigenvalue weighted by atomic mass is 16.4. The highest BCUT2D eigenvalue weighted by Crippen LogP contribution is 2.29. The summed E-state index contributed by atoms with van der Waals surface area (Å²) < 4.78 is 5.13. The van der Waals surface area contributed by atoms with Crippen molar-refractivity contribution in [2.24, 2.45) is 0 Å². The predicted molar refractivity (Wildman–Crippen MR) is 62.4 cm³/mol. The molecule has 0 bridgehead atoms. The number of fused-ring (bicyclic) bond motifs is 1. The lowest BCUT2D eigenvalue weighted by atomic mass is 10.1. The summed E-state index contributed by atoms with van der Waals surface area (Å²) in [6.45, 7) is 0. The summed E-state index contributed by atoms with van der Waals surface area (Å²) in [5, 5.41) is 18.9. The first kappa shape index (κ1) is 10.4. The Bertz CT molecular complexity index is 741. The van der Waals surface area contributed by atoms with Crippen molar-refractivity contribution >= 4 is 16.9 Å². The molecule has 0 saturated carbocycles. The topological polar surface area (TPSA) is 99.3 Å². The van der Waals surface area contributed by atoms with Gasteiger partial charge in [0.2, 0.25) is 5.89 Å². The van der Waals surface area contributed by atoms with Gasteiger partial charge in [0.25, 0.3) is 0 Å². The van der Waals surface area contributed by atoms with Gasteiger partial charge in [-0.3, -0.25) is 0 Å². The molecule has 90 valence electrons. The van der Waals surface area contributed by atoms with Crippen LogP contribution in [0.4, 0.5) is 0 Å². The zero-order chi connectivity index (χ0) is 12.7. The van der Waals surface area contributed by atoms with E-state index < -0.39 is 5.97 Å². The predicted octanol–water partition coefficient (Wildman–Crippen LogP) is 2.23. The Hall–Kier alpha value is -2.76. The Balaban J connectivity index is 2.16.